The number of benzene rings is 1. The minimum atomic E-state index is -0.827. The normalized spacial score (nSPS) is 14.2. The summed E-state index contributed by atoms with van der Waals surface area (Å²) >= 11 is 0. The second-order valence-corrected chi connectivity index (χ2v) is 3.05. The van der Waals surface area contributed by atoms with Gasteiger partial charge in [0.2, 0.25) is 0 Å². The van der Waals surface area contributed by atoms with Crippen molar-refractivity contribution in [3.05, 3.63) is 23.8 Å². The summed E-state index contributed by atoms with van der Waals surface area (Å²) in [7, 11) is 0. The molecule has 0 bridgehead atoms. The van der Waals surface area contributed by atoms with E-state index in [1.165, 1.54) is 18.2 Å². The van der Waals surface area contributed by atoms with E-state index in [1.807, 2.05) is 0 Å². The van der Waals surface area contributed by atoms with Crippen LogP contribution >= 0.6 is 12.4 Å². The Balaban J connectivity index is 0.00000169. The molecule has 1 rings (SSSR count). The summed E-state index contributed by atoms with van der Waals surface area (Å²) in [4.78, 5) is 0. The summed E-state index contributed by atoms with van der Waals surface area (Å²) in [5, 5.41) is 27.6. The van der Waals surface area contributed by atoms with Gasteiger partial charge in [-0.3, -0.25) is 0 Å². The molecule has 4 nitrogen and oxygen atoms in total. The highest BCUT2D eigenvalue weighted by molar-refractivity contribution is 5.85. The van der Waals surface area contributed by atoms with Crippen LogP contribution in [0.4, 0.5) is 0 Å². The summed E-state index contributed by atoms with van der Waals surface area (Å²) in [5.74, 6) is -0.460. The number of aliphatic hydroxyl groups excluding tert-OH is 1. The molecule has 0 aliphatic rings. The average molecular weight is 220 g/mol. The summed E-state index contributed by atoms with van der Waals surface area (Å²) in [6, 6.07) is 3.71. The first-order valence-electron chi connectivity index (χ1n) is 3.98. The molecule has 0 saturated heterocycles. The molecule has 80 valence electrons. The quantitative estimate of drug-likeness (QED) is 0.557. The molecule has 5 N–H and O–H groups in total. The van der Waals surface area contributed by atoms with E-state index in [2.05, 4.69) is 0 Å². The van der Waals surface area contributed by atoms with Crippen LogP contribution in [-0.2, 0) is 0 Å². The van der Waals surface area contributed by atoms with E-state index in [-0.39, 0.29) is 23.9 Å². The van der Waals surface area contributed by atoms with Crippen LogP contribution in [0.25, 0.3) is 0 Å². The Labute approximate surface area is 88.4 Å². The van der Waals surface area contributed by atoms with E-state index in [4.69, 9.17) is 15.9 Å². The lowest BCUT2D eigenvalue weighted by molar-refractivity contribution is 0.153. The molecule has 0 heterocycles. The zero-order valence-electron chi connectivity index (χ0n) is 7.71. The number of aliphatic hydroxyl groups is 1. The monoisotopic (exact) mass is 219 g/mol. The standard InChI is InChI=1S/C9H13NO3.ClH/c1-5(10)9(13)6-2-3-7(11)8(12)4-6;/h2-5,9,11-13H,10H2,1H3;1H/t5-,9+;/m0./s1. The van der Waals surface area contributed by atoms with Crippen LogP contribution in [0.5, 0.6) is 11.5 Å². The molecule has 0 spiro atoms. The summed E-state index contributed by atoms with van der Waals surface area (Å²) in [5.41, 5.74) is 5.95. The lowest BCUT2D eigenvalue weighted by Gasteiger charge is -2.14. The largest absolute Gasteiger partial charge is 0.504 e. The molecule has 0 fully saturated rings. The van der Waals surface area contributed by atoms with Crippen LogP contribution in [0, 0.1) is 0 Å². The molecule has 0 aliphatic heterocycles. The molecule has 0 saturated carbocycles. The number of hydrogen-bond acceptors (Lipinski definition) is 4. The summed E-state index contributed by atoms with van der Waals surface area (Å²) in [6.07, 6.45) is -0.827. The minimum absolute atomic E-state index is 0. The molecule has 0 aromatic heterocycles. The molecule has 0 amide bonds. The van der Waals surface area contributed by atoms with Crippen molar-refractivity contribution in [2.75, 3.05) is 0 Å². The van der Waals surface area contributed by atoms with Gasteiger partial charge in [0, 0.05) is 6.04 Å². The molecular weight excluding hydrogens is 206 g/mol. The van der Waals surface area contributed by atoms with Gasteiger partial charge in [-0.05, 0) is 24.6 Å². The van der Waals surface area contributed by atoms with Gasteiger partial charge in [0.25, 0.3) is 0 Å². The second kappa shape index (κ2) is 5.05. The Kier molecular flexibility index (Phi) is 4.70. The molecule has 0 aliphatic carbocycles. The predicted octanol–water partition coefficient (Wildman–Crippen LogP) is 0.900. The first kappa shape index (κ1) is 13.0. The Hall–Kier alpha value is -0.970. The van der Waals surface area contributed by atoms with Gasteiger partial charge in [-0.25, -0.2) is 0 Å². The molecule has 1 aromatic rings. The molecule has 2 atom stereocenters. The summed E-state index contributed by atoms with van der Waals surface area (Å²) < 4.78 is 0. The molecule has 0 radical (unpaired) electrons. The number of rotatable bonds is 2. The maximum absolute atomic E-state index is 9.50. The van der Waals surface area contributed by atoms with Gasteiger partial charge >= 0.3 is 0 Å². The highest BCUT2D eigenvalue weighted by Gasteiger charge is 2.13. The van der Waals surface area contributed by atoms with Crippen LogP contribution in [0.2, 0.25) is 0 Å². The second-order valence-electron chi connectivity index (χ2n) is 3.05. The topological polar surface area (TPSA) is 86.7 Å². The third-order valence-corrected chi connectivity index (χ3v) is 1.84. The van der Waals surface area contributed by atoms with Crippen LogP contribution in [0.1, 0.15) is 18.6 Å². The van der Waals surface area contributed by atoms with E-state index >= 15 is 0 Å². The van der Waals surface area contributed by atoms with E-state index in [1.54, 1.807) is 6.92 Å². The Morgan fingerprint density at radius 3 is 2.21 bits per heavy atom. The first-order chi connectivity index (χ1) is 6.02. The Bertz CT molecular complexity index is 304. The first-order valence-corrected chi connectivity index (χ1v) is 3.98. The van der Waals surface area contributed by atoms with Crippen molar-refractivity contribution in [3.8, 4) is 11.5 Å². The average Bonchev–Trinajstić information content (AvgIpc) is 2.08. The SMILES string of the molecule is C[C@H](N)[C@@H](O)c1ccc(O)c(O)c1.Cl. The Morgan fingerprint density at radius 2 is 1.79 bits per heavy atom. The lowest BCUT2D eigenvalue weighted by atomic mass is 10.0. The highest BCUT2D eigenvalue weighted by atomic mass is 35.5. The fraction of sp³-hybridized carbons (Fsp3) is 0.333. The third-order valence-electron chi connectivity index (χ3n) is 1.84. The van der Waals surface area contributed by atoms with Gasteiger partial charge in [-0.2, -0.15) is 0 Å². The van der Waals surface area contributed by atoms with Crippen molar-refractivity contribution < 1.29 is 15.3 Å². The minimum Gasteiger partial charge on any atom is -0.504 e. The Morgan fingerprint density at radius 1 is 1.21 bits per heavy atom. The molecule has 5 heteroatoms. The maximum atomic E-state index is 9.50. The zero-order chi connectivity index (χ0) is 10.0. The number of halogens is 1. The summed E-state index contributed by atoms with van der Waals surface area (Å²) in [6.45, 7) is 1.66. The molecular formula is C9H14ClNO3. The van der Waals surface area contributed by atoms with Crippen LogP contribution in [0.3, 0.4) is 0 Å². The maximum Gasteiger partial charge on any atom is 0.157 e. The van der Waals surface area contributed by atoms with Crippen LogP contribution < -0.4 is 5.73 Å². The van der Waals surface area contributed by atoms with Gasteiger partial charge in [0.1, 0.15) is 0 Å². The van der Waals surface area contributed by atoms with E-state index in [0.717, 1.165) is 0 Å². The van der Waals surface area contributed by atoms with Gasteiger partial charge in [0.05, 0.1) is 6.10 Å². The van der Waals surface area contributed by atoms with Crippen molar-refractivity contribution in [2.24, 2.45) is 5.73 Å². The lowest BCUT2D eigenvalue weighted by Crippen LogP contribution is -2.24. The fourth-order valence-corrected chi connectivity index (χ4v) is 1.03. The van der Waals surface area contributed by atoms with E-state index in [9.17, 15) is 5.11 Å². The number of nitrogens with two attached hydrogens (primary N) is 1. The van der Waals surface area contributed by atoms with Gasteiger partial charge in [-0.15, -0.1) is 12.4 Å². The molecule has 14 heavy (non-hydrogen) atoms. The zero-order valence-corrected chi connectivity index (χ0v) is 8.53. The number of hydrogen-bond donors (Lipinski definition) is 4. The number of phenols is 2. The van der Waals surface area contributed by atoms with Gasteiger partial charge in [-0.1, -0.05) is 6.07 Å². The number of phenolic OH excluding ortho intramolecular Hbond substituents is 2. The van der Waals surface area contributed by atoms with Crippen molar-refractivity contribution in [1.82, 2.24) is 0 Å². The molecule has 1 aromatic carbocycles. The smallest absolute Gasteiger partial charge is 0.157 e. The van der Waals surface area contributed by atoms with Crippen molar-refractivity contribution >= 4 is 12.4 Å². The van der Waals surface area contributed by atoms with Crippen LogP contribution in [0.15, 0.2) is 18.2 Å². The highest BCUT2D eigenvalue weighted by Crippen LogP contribution is 2.28. The predicted molar refractivity (Wildman–Crippen MR) is 55.6 cm³/mol. The van der Waals surface area contributed by atoms with E-state index < -0.39 is 12.1 Å². The van der Waals surface area contributed by atoms with Crippen molar-refractivity contribution in [1.29, 1.82) is 0 Å². The molecule has 0 unspecified atom stereocenters. The van der Waals surface area contributed by atoms with Gasteiger partial charge in [0.15, 0.2) is 11.5 Å². The number of aromatic hydroxyl groups is 2. The fourth-order valence-electron chi connectivity index (χ4n) is 1.03. The van der Waals surface area contributed by atoms with Crippen LogP contribution in [-0.4, -0.2) is 21.4 Å². The third kappa shape index (κ3) is 2.77. The van der Waals surface area contributed by atoms with Crippen molar-refractivity contribution in [3.63, 3.8) is 0 Å². The van der Waals surface area contributed by atoms with Crippen molar-refractivity contribution in [2.45, 2.75) is 19.1 Å². The van der Waals surface area contributed by atoms with E-state index in [0.29, 0.717) is 5.56 Å². The van der Waals surface area contributed by atoms with Gasteiger partial charge < -0.3 is 21.1 Å².